The van der Waals surface area contributed by atoms with Crippen LogP contribution in [0.5, 0.6) is 5.75 Å². The van der Waals surface area contributed by atoms with Crippen LogP contribution in [0.2, 0.25) is 0 Å². The number of carbonyl (C=O) groups excluding carboxylic acids is 1. The summed E-state index contributed by atoms with van der Waals surface area (Å²) in [6, 6.07) is 26.2. The Labute approximate surface area is 214 Å². The third kappa shape index (κ3) is 5.79. The van der Waals surface area contributed by atoms with E-state index >= 15 is 0 Å². The van der Waals surface area contributed by atoms with Gasteiger partial charge in [-0.25, -0.2) is 14.8 Å². The van der Waals surface area contributed by atoms with E-state index in [1.165, 1.54) is 17.5 Å². The Bertz CT molecular complexity index is 1390. The van der Waals surface area contributed by atoms with E-state index in [1.807, 2.05) is 84.9 Å². The van der Waals surface area contributed by atoms with E-state index < -0.39 is 0 Å². The maximum atomic E-state index is 13.1. The molecule has 0 aliphatic carbocycles. The standard InChI is InChI=1S/C28H25N5O4/c1-35-25-10-6-5-9-23(25)24-15-26(30-18-29-24)31-21-11-13-22(14-12-21)32-28(34)33(27-17-36-19-37-27)16-20-7-3-2-4-8-20/h2-15,17-18H,16,19H2,1H3,(H,32,34)(H,29,30,31). The molecule has 3 aromatic carbocycles. The highest BCUT2D eigenvalue weighted by Crippen LogP contribution is 2.29. The molecule has 2 N–H and O–H groups in total. The number of benzene rings is 3. The van der Waals surface area contributed by atoms with Gasteiger partial charge in [-0.15, -0.1) is 0 Å². The fraction of sp³-hybridized carbons (Fsp3) is 0.107. The number of anilines is 3. The van der Waals surface area contributed by atoms with Crippen molar-refractivity contribution in [3.05, 3.63) is 109 Å². The van der Waals surface area contributed by atoms with E-state index in [1.54, 1.807) is 7.11 Å². The van der Waals surface area contributed by atoms with Crippen molar-refractivity contribution in [3.63, 3.8) is 0 Å². The number of nitrogens with one attached hydrogen (secondary N) is 2. The highest BCUT2D eigenvalue weighted by atomic mass is 16.7. The van der Waals surface area contributed by atoms with Crippen LogP contribution >= 0.6 is 0 Å². The smallest absolute Gasteiger partial charge is 0.329 e. The number of urea groups is 1. The summed E-state index contributed by atoms with van der Waals surface area (Å²) in [4.78, 5) is 23.3. The number of aromatic nitrogens is 2. The number of para-hydroxylation sites is 1. The van der Waals surface area contributed by atoms with Crippen molar-refractivity contribution in [2.45, 2.75) is 6.54 Å². The van der Waals surface area contributed by atoms with Crippen LogP contribution in [-0.2, 0) is 16.0 Å². The van der Waals surface area contributed by atoms with E-state index in [-0.39, 0.29) is 12.8 Å². The van der Waals surface area contributed by atoms with Crippen LogP contribution in [0.15, 0.2) is 103 Å². The van der Waals surface area contributed by atoms with Gasteiger partial charge in [-0.1, -0.05) is 42.5 Å². The average Bonchev–Trinajstić information content (AvgIpc) is 3.48. The molecule has 0 saturated heterocycles. The molecule has 5 rings (SSSR count). The molecular weight excluding hydrogens is 470 g/mol. The summed E-state index contributed by atoms with van der Waals surface area (Å²) in [5.74, 6) is 1.72. The summed E-state index contributed by atoms with van der Waals surface area (Å²) >= 11 is 0. The SMILES string of the molecule is COc1ccccc1-c1cc(Nc2ccc(NC(=O)N(Cc3ccccc3)C3=COCO3)cc2)ncn1. The lowest BCUT2D eigenvalue weighted by molar-refractivity contribution is 0.0554. The van der Waals surface area contributed by atoms with Crippen LogP contribution in [0.25, 0.3) is 11.3 Å². The predicted octanol–water partition coefficient (Wildman–Crippen LogP) is 5.73. The lowest BCUT2D eigenvalue weighted by Crippen LogP contribution is -2.34. The molecule has 9 heteroatoms. The third-order valence-corrected chi connectivity index (χ3v) is 5.61. The van der Waals surface area contributed by atoms with E-state index in [0.717, 1.165) is 28.3 Å². The molecule has 0 radical (unpaired) electrons. The van der Waals surface area contributed by atoms with Gasteiger partial charge in [0.05, 0.1) is 19.3 Å². The molecule has 1 aliphatic heterocycles. The van der Waals surface area contributed by atoms with Crippen molar-refractivity contribution in [1.82, 2.24) is 14.9 Å². The third-order valence-electron chi connectivity index (χ3n) is 5.61. The van der Waals surface area contributed by atoms with Gasteiger partial charge < -0.3 is 24.8 Å². The van der Waals surface area contributed by atoms with Crippen LogP contribution in [0.4, 0.5) is 22.0 Å². The summed E-state index contributed by atoms with van der Waals surface area (Å²) in [6.07, 6.45) is 2.94. The van der Waals surface area contributed by atoms with Crippen LogP contribution in [0.1, 0.15) is 5.56 Å². The van der Waals surface area contributed by atoms with Crippen molar-refractivity contribution in [2.75, 3.05) is 24.5 Å². The van der Waals surface area contributed by atoms with Gasteiger partial charge in [-0.3, -0.25) is 4.90 Å². The zero-order chi connectivity index (χ0) is 25.5. The molecule has 0 unspecified atom stereocenters. The molecule has 1 aromatic heterocycles. The minimum atomic E-state index is -0.335. The maximum absolute atomic E-state index is 13.1. The van der Waals surface area contributed by atoms with Crippen LogP contribution in [0, 0.1) is 0 Å². The number of ether oxygens (including phenoxy) is 3. The fourth-order valence-corrected chi connectivity index (χ4v) is 3.80. The first-order valence-corrected chi connectivity index (χ1v) is 11.6. The number of methoxy groups -OCH3 is 1. The number of rotatable bonds is 8. The summed E-state index contributed by atoms with van der Waals surface area (Å²) in [7, 11) is 1.63. The highest BCUT2D eigenvalue weighted by molar-refractivity contribution is 5.90. The summed E-state index contributed by atoms with van der Waals surface area (Å²) < 4.78 is 16.1. The second-order valence-electron chi connectivity index (χ2n) is 8.08. The lowest BCUT2D eigenvalue weighted by Gasteiger charge is -2.22. The molecule has 0 atom stereocenters. The van der Waals surface area contributed by atoms with E-state index in [9.17, 15) is 4.79 Å². The average molecular weight is 496 g/mol. The van der Waals surface area contributed by atoms with Crippen molar-refractivity contribution < 1.29 is 19.0 Å². The molecule has 2 amide bonds. The Hall–Kier alpha value is -5.05. The molecule has 0 spiro atoms. The van der Waals surface area contributed by atoms with Crippen molar-refractivity contribution in [2.24, 2.45) is 0 Å². The Morgan fingerprint density at radius 2 is 1.73 bits per heavy atom. The first-order chi connectivity index (χ1) is 18.2. The normalized spacial score (nSPS) is 12.1. The van der Waals surface area contributed by atoms with Gasteiger partial charge >= 0.3 is 6.03 Å². The van der Waals surface area contributed by atoms with Crippen LogP contribution in [-0.4, -0.2) is 34.8 Å². The van der Waals surface area contributed by atoms with Gasteiger partial charge in [0.15, 0.2) is 0 Å². The number of carbonyl (C=O) groups is 1. The molecule has 1 aliphatic rings. The van der Waals surface area contributed by atoms with Gasteiger partial charge in [0, 0.05) is 23.0 Å². The van der Waals surface area contributed by atoms with Gasteiger partial charge in [-0.2, -0.15) is 0 Å². The molecule has 9 nitrogen and oxygen atoms in total. The number of hydrogen-bond acceptors (Lipinski definition) is 7. The molecule has 37 heavy (non-hydrogen) atoms. The summed E-state index contributed by atoms with van der Waals surface area (Å²) in [5, 5.41) is 6.19. The maximum Gasteiger partial charge on any atom is 0.329 e. The van der Waals surface area contributed by atoms with E-state index in [4.69, 9.17) is 14.2 Å². The monoisotopic (exact) mass is 495 g/mol. The predicted molar refractivity (Wildman–Crippen MR) is 140 cm³/mol. The van der Waals surface area contributed by atoms with Gasteiger partial charge in [0.1, 0.15) is 24.2 Å². The molecule has 2 heterocycles. The molecular formula is C28H25N5O4. The first-order valence-electron chi connectivity index (χ1n) is 11.6. The summed E-state index contributed by atoms with van der Waals surface area (Å²) in [5.41, 5.74) is 4.01. The zero-order valence-corrected chi connectivity index (χ0v) is 20.1. The lowest BCUT2D eigenvalue weighted by atomic mass is 10.1. The van der Waals surface area contributed by atoms with Crippen molar-refractivity contribution in [3.8, 4) is 17.0 Å². The van der Waals surface area contributed by atoms with E-state index in [0.29, 0.717) is 23.9 Å². The molecule has 186 valence electrons. The first kappa shape index (κ1) is 23.7. The molecule has 0 saturated carbocycles. The second-order valence-corrected chi connectivity index (χ2v) is 8.08. The number of nitrogens with zero attached hydrogens (tertiary/aromatic N) is 3. The van der Waals surface area contributed by atoms with Gasteiger partial charge in [-0.05, 0) is 42.0 Å². The molecule has 4 aromatic rings. The van der Waals surface area contributed by atoms with Crippen LogP contribution < -0.4 is 15.4 Å². The van der Waals surface area contributed by atoms with Gasteiger partial charge in [0.25, 0.3) is 0 Å². The Morgan fingerprint density at radius 1 is 0.973 bits per heavy atom. The fourth-order valence-electron chi connectivity index (χ4n) is 3.80. The van der Waals surface area contributed by atoms with Crippen LogP contribution in [0.3, 0.4) is 0 Å². The molecule has 0 fully saturated rings. The number of amides is 2. The summed E-state index contributed by atoms with van der Waals surface area (Å²) in [6.45, 7) is 0.416. The quantitative estimate of drug-likeness (QED) is 0.322. The highest BCUT2D eigenvalue weighted by Gasteiger charge is 2.23. The minimum Gasteiger partial charge on any atom is -0.496 e. The topological polar surface area (TPSA) is 97.8 Å². The van der Waals surface area contributed by atoms with E-state index in [2.05, 4.69) is 20.6 Å². The molecule has 0 bridgehead atoms. The second kappa shape index (κ2) is 11.1. The Kier molecular flexibility index (Phi) is 7.12. The minimum absolute atomic E-state index is 0.0794. The Balaban J connectivity index is 1.27. The van der Waals surface area contributed by atoms with Crippen molar-refractivity contribution in [1.29, 1.82) is 0 Å². The Morgan fingerprint density at radius 3 is 2.49 bits per heavy atom. The zero-order valence-electron chi connectivity index (χ0n) is 20.1. The van der Waals surface area contributed by atoms with Gasteiger partial charge in [0.2, 0.25) is 12.7 Å². The van der Waals surface area contributed by atoms with Crippen molar-refractivity contribution >= 4 is 23.2 Å². The number of hydrogen-bond donors (Lipinski definition) is 2. The largest absolute Gasteiger partial charge is 0.496 e.